The van der Waals surface area contributed by atoms with E-state index in [0.29, 0.717) is 24.2 Å². The maximum atomic E-state index is 12.4. The Kier molecular flexibility index (Phi) is 5.66. The third-order valence-electron chi connectivity index (χ3n) is 4.94. The van der Waals surface area contributed by atoms with Crippen LogP contribution < -0.4 is 16.2 Å². The van der Waals surface area contributed by atoms with Gasteiger partial charge in [-0.3, -0.25) is 10.1 Å². The molecule has 0 aromatic carbocycles. The number of hydrogen-bond donors (Lipinski definition) is 3. The molecule has 0 bridgehead atoms. The lowest BCUT2D eigenvalue weighted by atomic mass is 9.62. The van der Waals surface area contributed by atoms with Gasteiger partial charge in [-0.25, -0.2) is 14.6 Å². The fourth-order valence-corrected chi connectivity index (χ4v) is 4.11. The number of aryl methyl sites for hydroxylation is 1. The molecule has 2 atom stereocenters. The van der Waals surface area contributed by atoms with Crippen molar-refractivity contribution in [3.63, 3.8) is 0 Å². The van der Waals surface area contributed by atoms with Crippen molar-refractivity contribution in [2.24, 2.45) is 15.8 Å². The molecule has 1 aromatic heterocycles. The van der Waals surface area contributed by atoms with Gasteiger partial charge in [-0.15, -0.1) is 0 Å². The van der Waals surface area contributed by atoms with Crippen LogP contribution >= 0.6 is 0 Å². The highest BCUT2D eigenvalue weighted by Gasteiger charge is 2.41. The summed E-state index contributed by atoms with van der Waals surface area (Å²) in [6.45, 7) is 10.2. The van der Waals surface area contributed by atoms with Gasteiger partial charge in [0.05, 0.1) is 6.54 Å². The number of H-pyrrole nitrogens is 1. The number of nitrogens with zero attached hydrogens (tertiary/aromatic N) is 2. The molecule has 0 spiro atoms. The van der Waals surface area contributed by atoms with E-state index in [9.17, 15) is 14.4 Å². The molecule has 0 saturated heterocycles. The molecular weight excluding hydrogens is 334 g/mol. The average molecular weight is 361 g/mol. The molecule has 0 aliphatic heterocycles. The van der Waals surface area contributed by atoms with Gasteiger partial charge >= 0.3 is 6.03 Å². The number of anilines is 1. The molecule has 1 aliphatic carbocycles. The highest BCUT2D eigenvalue weighted by molar-refractivity contribution is 5.87. The number of aromatic nitrogens is 2. The normalized spacial score (nSPS) is 24.4. The Morgan fingerprint density at radius 2 is 2.04 bits per heavy atom. The maximum Gasteiger partial charge on any atom is 0.321 e. The summed E-state index contributed by atoms with van der Waals surface area (Å²) in [5.74, 6) is 0.124. The van der Waals surface area contributed by atoms with E-state index in [4.69, 9.17) is 0 Å². The van der Waals surface area contributed by atoms with Crippen LogP contribution in [0.25, 0.3) is 0 Å². The molecule has 1 fully saturated rings. The largest absolute Gasteiger partial charge is 0.335 e. The molecule has 26 heavy (non-hydrogen) atoms. The summed E-state index contributed by atoms with van der Waals surface area (Å²) in [5.41, 5.74) is 0.657. The number of hydrogen-bond acceptors (Lipinski definition) is 5. The Morgan fingerprint density at radius 1 is 1.35 bits per heavy atom. The second kappa shape index (κ2) is 7.41. The molecule has 2 unspecified atom stereocenters. The molecular formula is C18H27N5O3. The number of urea groups is 1. The number of isocyanates is 1. The lowest BCUT2D eigenvalue weighted by molar-refractivity contribution is 0.0815. The Labute approximate surface area is 152 Å². The van der Waals surface area contributed by atoms with Crippen LogP contribution in [0.5, 0.6) is 0 Å². The monoisotopic (exact) mass is 361 g/mol. The summed E-state index contributed by atoms with van der Waals surface area (Å²) in [6, 6.07) is -0.482. The van der Waals surface area contributed by atoms with Crippen molar-refractivity contribution >= 4 is 18.1 Å². The lowest BCUT2D eigenvalue weighted by Gasteiger charge is -2.46. The van der Waals surface area contributed by atoms with Crippen molar-refractivity contribution in [2.45, 2.75) is 59.9 Å². The summed E-state index contributed by atoms with van der Waals surface area (Å²) < 4.78 is 0. The molecule has 142 valence electrons. The van der Waals surface area contributed by atoms with Crippen LogP contribution in [0.2, 0.25) is 0 Å². The third kappa shape index (κ3) is 5.02. The van der Waals surface area contributed by atoms with Gasteiger partial charge in [-0.2, -0.15) is 4.98 Å². The molecule has 1 aliphatic rings. The lowest BCUT2D eigenvalue weighted by Crippen LogP contribution is -2.49. The van der Waals surface area contributed by atoms with Crippen LogP contribution in [-0.2, 0) is 4.79 Å². The maximum absolute atomic E-state index is 12.4. The topological polar surface area (TPSA) is 116 Å². The summed E-state index contributed by atoms with van der Waals surface area (Å²) in [4.78, 5) is 45.1. The molecule has 0 radical (unpaired) electrons. The molecule has 3 N–H and O–H groups in total. The first-order valence-electron chi connectivity index (χ1n) is 8.72. The van der Waals surface area contributed by atoms with Crippen LogP contribution in [0.15, 0.2) is 9.79 Å². The Bertz CT molecular complexity index is 795. The first-order chi connectivity index (χ1) is 12.0. The van der Waals surface area contributed by atoms with Crippen molar-refractivity contribution < 1.29 is 9.59 Å². The summed E-state index contributed by atoms with van der Waals surface area (Å²) in [7, 11) is 0. The van der Waals surface area contributed by atoms with Crippen LogP contribution in [0.4, 0.5) is 10.7 Å². The van der Waals surface area contributed by atoms with E-state index in [0.717, 1.165) is 12.8 Å². The average Bonchev–Trinajstić information content (AvgIpc) is 2.48. The van der Waals surface area contributed by atoms with E-state index in [1.165, 1.54) is 0 Å². The van der Waals surface area contributed by atoms with Crippen LogP contribution in [0.3, 0.4) is 0 Å². The summed E-state index contributed by atoms with van der Waals surface area (Å²) in [5, 5.41) is 5.55. The quantitative estimate of drug-likeness (QED) is 0.564. The number of aliphatic imine (C=N–C) groups is 1. The molecule has 1 saturated carbocycles. The standard InChI is InChI=1S/C18H27N5O3/c1-11-12(2)20-15(22-14(11)25)23-16(26)21-13-6-17(3,4)8-18(5,7-13)9-19-10-24/h13H,6-9H2,1-5H3,(H3,20,21,22,23,25,26). The van der Waals surface area contributed by atoms with E-state index in [-0.39, 0.29) is 28.4 Å². The second-order valence-corrected chi connectivity index (χ2v) is 8.40. The number of carbonyl (C=O) groups is 1. The smallest absolute Gasteiger partial charge is 0.321 e. The zero-order valence-electron chi connectivity index (χ0n) is 16.0. The van der Waals surface area contributed by atoms with Gasteiger partial charge in [0.15, 0.2) is 0 Å². The van der Waals surface area contributed by atoms with Gasteiger partial charge < -0.3 is 10.3 Å². The number of carbonyl (C=O) groups excluding carboxylic acids is 2. The Morgan fingerprint density at radius 3 is 2.65 bits per heavy atom. The first kappa shape index (κ1) is 19.8. The third-order valence-corrected chi connectivity index (χ3v) is 4.94. The molecule has 1 aromatic rings. The fraction of sp³-hybridized carbons (Fsp3) is 0.667. The molecule has 8 nitrogen and oxygen atoms in total. The number of nitrogens with one attached hydrogen (secondary N) is 3. The minimum absolute atomic E-state index is 0.0103. The zero-order chi connectivity index (χ0) is 19.5. The Balaban J connectivity index is 2.07. The van der Waals surface area contributed by atoms with Crippen molar-refractivity contribution in [3.8, 4) is 0 Å². The van der Waals surface area contributed by atoms with Gasteiger partial charge in [-0.1, -0.05) is 20.8 Å². The molecule has 2 rings (SSSR count). The van der Waals surface area contributed by atoms with E-state index in [1.807, 2.05) is 0 Å². The molecule has 8 heteroatoms. The van der Waals surface area contributed by atoms with Crippen molar-refractivity contribution in [1.29, 1.82) is 0 Å². The van der Waals surface area contributed by atoms with E-state index >= 15 is 0 Å². The predicted molar refractivity (Wildman–Crippen MR) is 99.0 cm³/mol. The van der Waals surface area contributed by atoms with Crippen LogP contribution in [0.1, 0.15) is 51.3 Å². The SMILES string of the molecule is Cc1[nH]c(NC(=O)NC2CC(C)(C)CC(C)(CN=C=O)C2)nc(=O)c1C. The molecule has 1 heterocycles. The van der Waals surface area contributed by atoms with Crippen molar-refractivity contribution in [1.82, 2.24) is 15.3 Å². The second-order valence-electron chi connectivity index (χ2n) is 8.40. The van der Waals surface area contributed by atoms with Crippen LogP contribution in [-0.4, -0.2) is 34.7 Å². The van der Waals surface area contributed by atoms with Gasteiger partial charge in [0.2, 0.25) is 12.0 Å². The zero-order valence-corrected chi connectivity index (χ0v) is 16.0. The Hall–Kier alpha value is -2.47. The van der Waals surface area contributed by atoms with E-state index < -0.39 is 6.03 Å². The minimum atomic E-state index is -0.416. The van der Waals surface area contributed by atoms with Gasteiger partial charge in [-0.05, 0) is 43.9 Å². The van der Waals surface area contributed by atoms with E-state index in [1.54, 1.807) is 19.9 Å². The van der Waals surface area contributed by atoms with Crippen molar-refractivity contribution in [3.05, 3.63) is 21.6 Å². The summed E-state index contributed by atoms with van der Waals surface area (Å²) >= 11 is 0. The minimum Gasteiger partial charge on any atom is -0.335 e. The number of aromatic amines is 1. The molecule has 2 amide bonds. The number of amides is 2. The predicted octanol–water partition coefficient (Wildman–Crippen LogP) is 2.43. The first-order valence-corrected chi connectivity index (χ1v) is 8.72. The van der Waals surface area contributed by atoms with Gasteiger partial charge in [0.25, 0.3) is 5.56 Å². The van der Waals surface area contributed by atoms with Crippen molar-refractivity contribution in [2.75, 3.05) is 11.9 Å². The van der Waals surface area contributed by atoms with E-state index in [2.05, 4.69) is 46.4 Å². The summed E-state index contributed by atoms with van der Waals surface area (Å²) in [6.07, 6.45) is 4.05. The highest BCUT2D eigenvalue weighted by Crippen LogP contribution is 2.46. The van der Waals surface area contributed by atoms with Gasteiger partial charge in [0, 0.05) is 17.3 Å². The van der Waals surface area contributed by atoms with Crippen LogP contribution in [0, 0.1) is 24.7 Å². The van der Waals surface area contributed by atoms with Gasteiger partial charge in [0.1, 0.15) is 0 Å². The fourth-order valence-electron chi connectivity index (χ4n) is 4.11. The highest BCUT2D eigenvalue weighted by atomic mass is 16.2. The number of rotatable bonds is 4.